The van der Waals surface area contributed by atoms with Gasteiger partial charge in [0, 0.05) is 37.5 Å². The fraction of sp³-hybridized carbons (Fsp3) is 0.643. The van der Waals surface area contributed by atoms with E-state index in [0.717, 1.165) is 59.6 Å². The van der Waals surface area contributed by atoms with Crippen molar-refractivity contribution in [1.29, 1.82) is 0 Å². The Morgan fingerprint density at radius 1 is 0.500 bits per heavy atom. The molecule has 2 N–H and O–H groups in total. The van der Waals surface area contributed by atoms with Gasteiger partial charge in [-0.05, 0) is 83.3 Å². The van der Waals surface area contributed by atoms with Crippen LogP contribution in [0.1, 0.15) is 135 Å². The van der Waals surface area contributed by atoms with Crippen molar-refractivity contribution in [3.8, 4) is 0 Å². The van der Waals surface area contributed by atoms with E-state index in [4.69, 9.17) is 29.3 Å². The molecule has 6 saturated heterocycles. The predicted molar refractivity (Wildman–Crippen MR) is 282 cm³/mol. The number of aliphatic hydroxyl groups is 2. The predicted octanol–water partition coefficient (Wildman–Crippen LogP) is 9.71. The summed E-state index contributed by atoms with van der Waals surface area (Å²) in [6.45, 7) is 9.19. The SMILES string of the molecule is O=C(O[C@H]1C[N+]2(CCCC3CCCCC3)CCC1CC2)C(O)(c1cccs1)c1cccs1.O=C(O[C@H]1C[N+]2(CCCC3CCCCC3)CCC1CC2)C(O)(c1cccs1)c1cccs1.O=C([O-])C(F)(F)F.O=C([O-])C(F)(F)F. The van der Waals surface area contributed by atoms with Crippen LogP contribution in [0.2, 0.25) is 0 Å². The van der Waals surface area contributed by atoms with E-state index in [1.54, 1.807) is 0 Å². The lowest BCUT2D eigenvalue weighted by Crippen LogP contribution is -2.65. The number of carbonyl (C=O) groups excluding carboxylic acids is 4. The lowest BCUT2D eigenvalue weighted by atomic mass is 9.82. The van der Waals surface area contributed by atoms with Crippen LogP contribution in [0.25, 0.3) is 0 Å². The van der Waals surface area contributed by atoms with Gasteiger partial charge >= 0.3 is 24.3 Å². The molecule has 0 aromatic carbocycles. The molecule has 2 atom stereocenters. The van der Waals surface area contributed by atoms with Gasteiger partial charge in [-0.15, -0.1) is 45.3 Å². The number of esters is 2. The van der Waals surface area contributed by atoms with Gasteiger partial charge in [0.2, 0.25) is 11.2 Å². The number of ether oxygens (including phenoxy) is 2. The first-order chi connectivity index (χ1) is 37.1. The highest BCUT2D eigenvalue weighted by atomic mass is 32.1. The molecular weight excluding hydrogens is 1100 g/mol. The molecule has 0 amide bonds. The molecule has 0 radical (unpaired) electrons. The summed E-state index contributed by atoms with van der Waals surface area (Å²) in [5.41, 5.74) is -3.39. The van der Waals surface area contributed by atoms with E-state index in [1.165, 1.54) is 175 Å². The van der Waals surface area contributed by atoms with Crippen LogP contribution in [-0.4, -0.2) is 120 Å². The van der Waals surface area contributed by atoms with Crippen molar-refractivity contribution in [3.63, 3.8) is 0 Å². The lowest BCUT2D eigenvalue weighted by molar-refractivity contribution is -0.946. The zero-order valence-corrected chi connectivity index (χ0v) is 47.0. The quantitative estimate of drug-likeness (QED) is 0.0625. The van der Waals surface area contributed by atoms with Crippen molar-refractivity contribution in [2.45, 2.75) is 151 Å². The Morgan fingerprint density at radius 3 is 1.03 bits per heavy atom. The van der Waals surface area contributed by atoms with Crippen LogP contribution < -0.4 is 10.2 Å². The third-order valence-electron chi connectivity index (χ3n) is 17.1. The number of aliphatic carboxylic acids is 2. The summed E-state index contributed by atoms with van der Waals surface area (Å²) in [7, 11) is 0. The molecule has 78 heavy (non-hydrogen) atoms. The zero-order valence-electron chi connectivity index (χ0n) is 43.7. The Balaban J connectivity index is 0.000000182. The molecule has 6 aliphatic heterocycles. The molecule has 8 aliphatic rings. The molecule has 0 unspecified atom stereocenters. The van der Waals surface area contributed by atoms with E-state index in [0.29, 0.717) is 31.3 Å². The molecule has 8 fully saturated rings. The van der Waals surface area contributed by atoms with E-state index in [1.807, 2.05) is 70.1 Å². The van der Waals surface area contributed by atoms with Crippen LogP contribution in [0.15, 0.2) is 70.1 Å². The maximum absolute atomic E-state index is 13.5. The molecule has 2 aliphatic carbocycles. The standard InChI is InChI=1S/2C26H36NO3S2.2C2HF3O2/c2*28-25(26(29,23-10-5-17-31-23)24-11-6-18-32-24)30-22-19-27(15-12-21(22)13-16-27)14-4-9-20-7-2-1-3-8-20;2*3-2(4,5)1(6)7/h2*5-6,10-11,17-18,20-22,29H,1-4,7-9,12-16,19H2;2*(H,6,7)/q2*+1;;/p-2/t2*21?,22-,27?;;/m00../s1. The largest absolute Gasteiger partial charge is 0.542 e. The number of hydrogen-bond donors (Lipinski definition) is 2. The van der Waals surface area contributed by atoms with Crippen molar-refractivity contribution >= 4 is 69.2 Å². The molecule has 12 rings (SSSR count). The smallest absolute Gasteiger partial charge is 0.430 e. The Hall–Kier alpha value is -3.90. The minimum atomic E-state index is -5.19. The third kappa shape index (κ3) is 15.8. The number of carboxylic acid groups (broad SMARTS) is 2. The maximum atomic E-state index is 13.5. The third-order valence-corrected chi connectivity index (χ3v) is 21.0. The molecule has 4 bridgehead atoms. The minimum absolute atomic E-state index is 0.0777. The number of alkyl halides is 6. The fourth-order valence-electron chi connectivity index (χ4n) is 12.7. The summed E-state index contributed by atoms with van der Waals surface area (Å²) in [6.07, 6.45) is 13.5. The van der Waals surface area contributed by atoms with E-state index < -0.39 is 47.4 Å². The van der Waals surface area contributed by atoms with E-state index in [-0.39, 0.29) is 12.2 Å². The first kappa shape index (κ1) is 61.7. The Morgan fingerprint density at radius 2 is 0.782 bits per heavy atom. The van der Waals surface area contributed by atoms with Gasteiger partial charge in [0.05, 0.1) is 58.8 Å². The van der Waals surface area contributed by atoms with Gasteiger partial charge in [0.25, 0.3) is 0 Å². The topological polar surface area (TPSA) is 173 Å². The first-order valence-electron chi connectivity index (χ1n) is 27.4. The summed E-state index contributed by atoms with van der Waals surface area (Å²) in [4.78, 5) is 47.1. The van der Waals surface area contributed by atoms with Crippen LogP contribution in [-0.2, 0) is 39.9 Å². The zero-order chi connectivity index (χ0) is 56.2. The molecule has 4 aromatic rings. The van der Waals surface area contributed by atoms with Gasteiger partial charge in [-0.1, -0.05) is 88.5 Å². The summed E-state index contributed by atoms with van der Waals surface area (Å²) in [5, 5.41) is 48.4. The van der Waals surface area contributed by atoms with Crippen molar-refractivity contribution in [1.82, 2.24) is 0 Å². The van der Waals surface area contributed by atoms with Gasteiger partial charge in [0.15, 0.2) is 12.2 Å². The van der Waals surface area contributed by atoms with Gasteiger partial charge in [-0.2, -0.15) is 26.3 Å². The number of rotatable bonds is 16. The second-order valence-corrected chi connectivity index (χ2v) is 25.9. The second-order valence-electron chi connectivity index (χ2n) is 22.1. The van der Waals surface area contributed by atoms with E-state index in [2.05, 4.69) is 0 Å². The summed E-state index contributed by atoms with van der Waals surface area (Å²) in [5.74, 6) is -4.27. The molecule has 2 saturated carbocycles. The maximum Gasteiger partial charge on any atom is 0.430 e. The Labute approximate surface area is 468 Å². The number of halogens is 6. The summed E-state index contributed by atoms with van der Waals surface area (Å²) in [6, 6.07) is 14.9. The number of fused-ring (bicyclic) bond motifs is 6. The normalized spacial score (nSPS) is 25.5. The number of carboxylic acids is 2. The second kappa shape index (κ2) is 27.2. The van der Waals surface area contributed by atoms with Crippen LogP contribution in [0.5, 0.6) is 0 Å². The highest BCUT2D eigenvalue weighted by molar-refractivity contribution is 7.12. The minimum Gasteiger partial charge on any atom is -0.542 e. The Kier molecular flexibility index (Phi) is 21.6. The van der Waals surface area contributed by atoms with Crippen LogP contribution in [0.4, 0.5) is 26.3 Å². The molecule has 0 spiro atoms. The van der Waals surface area contributed by atoms with E-state index >= 15 is 0 Å². The van der Waals surface area contributed by atoms with Gasteiger partial charge in [-0.25, -0.2) is 9.59 Å². The number of piperidine rings is 6. The average Bonchev–Trinajstić information content (AvgIpc) is 4.32. The fourth-order valence-corrected chi connectivity index (χ4v) is 16.2. The number of hydrogen-bond acceptors (Lipinski definition) is 14. The van der Waals surface area contributed by atoms with Crippen molar-refractivity contribution < 1.29 is 84.4 Å². The van der Waals surface area contributed by atoms with Gasteiger partial charge < -0.3 is 48.5 Å². The van der Waals surface area contributed by atoms with Crippen LogP contribution >= 0.6 is 45.3 Å². The molecule has 22 heteroatoms. The van der Waals surface area contributed by atoms with Crippen molar-refractivity contribution in [2.75, 3.05) is 52.4 Å². The monoisotopic (exact) mass is 1170 g/mol. The number of quaternary nitrogens is 2. The lowest BCUT2D eigenvalue weighted by Gasteiger charge is -2.52. The number of nitrogens with zero attached hydrogens (tertiary/aromatic N) is 2. The molecule has 12 nitrogen and oxygen atoms in total. The molecule has 4 aromatic heterocycles. The molecule has 10 heterocycles. The van der Waals surface area contributed by atoms with Crippen LogP contribution in [0.3, 0.4) is 0 Å². The average molecular weight is 1180 g/mol. The van der Waals surface area contributed by atoms with Gasteiger partial charge in [-0.3, -0.25) is 0 Å². The van der Waals surface area contributed by atoms with Crippen LogP contribution in [0, 0.1) is 23.7 Å². The van der Waals surface area contributed by atoms with Crippen molar-refractivity contribution in [2.24, 2.45) is 23.7 Å². The summed E-state index contributed by atoms with van der Waals surface area (Å²) < 4.78 is 77.7. The molecule has 432 valence electrons. The first-order valence-corrected chi connectivity index (χ1v) is 30.9. The Bertz CT molecular complexity index is 2220. The summed E-state index contributed by atoms with van der Waals surface area (Å²) >= 11 is 5.64. The van der Waals surface area contributed by atoms with Crippen molar-refractivity contribution in [3.05, 3.63) is 89.6 Å². The van der Waals surface area contributed by atoms with E-state index in [9.17, 15) is 46.1 Å². The molecular formula is C56H72F6N2O10S4. The number of carbonyl (C=O) groups is 4. The highest BCUT2D eigenvalue weighted by Gasteiger charge is 2.53. The highest BCUT2D eigenvalue weighted by Crippen LogP contribution is 2.43. The van der Waals surface area contributed by atoms with Gasteiger partial charge in [0.1, 0.15) is 25.0 Å². The number of thiophene rings is 4.